The van der Waals surface area contributed by atoms with Gasteiger partial charge >= 0.3 is 0 Å². The summed E-state index contributed by atoms with van der Waals surface area (Å²) in [4.78, 5) is 12.7. The van der Waals surface area contributed by atoms with Crippen LogP contribution < -0.4 is 0 Å². The van der Waals surface area contributed by atoms with Gasteiger partial charge in [-0.3, -0.25) is 4.79 Å². The van der Waals surface area contributed by atoms with Gasteiger partial charge in [-0.2, -0.15) is 0 Å². The average molecular weight is 332 g/mol. The minimum atomic E-state index is 0.102. The quantitative estimate of drug-likeness (QED) is 0.459. The molecule has 0 unspecified atom stereocenters. The molecule has 0 aliphatic heterocycles. The Kier molecular flexibility index (Phi) is 5.49. The summed E-state index contributed by atoms with van der Waals surface area (Å²) in [5.74, 6) is 1.45. The van der Waals surface area contributed by atoms with Gasteiger partial charge in [0.2, 0.25) is 0 Å². The zero-order chi connectivity index (χ0) is 17.6. The Morgan fingerprint density at radius 2 is 1.44 bits per heavy atom. The van der Waals surface area contributed by atoms with Crippen molar-refractivity contribution in [3.05, 3.63) is 72.0 Å². The van der Waals surface area contributed by atoms with Crippen LogP contribution in [-0.4, -0.2) is 5.78 Å². The topological polar surface area (TPSA) is 30.2 Å². The number of Topliss-reactive ketones (excluding diaryl/α,β-unsaturated/α-hetero) is 1. The van der Waals surface area contributed by atoms with Gasteiger partial charge in [-0.05, 0) is 18.4 Å². The van der Waals surface area contributed by atoms with Crippen LogP contribution in [0, 0.1) is 0 Å². The van der Waals surface area contributed by atoms with E-state index in [-0.39, 0.29) is 5.78 Å². The number of hydrogen-bond donors (Lipinski definition) is 0. The van der Waals surface area contributed by atoms with E-state index in [0.717, 1.165) is 47.3 Å². The van der Waals surface area contributed by atoms with Crippen molar-refractivity contribution in [2.45, 2.75) is 39.5 Å². The zero-order valence-corrected chi connectivity index (χ0v) is 14.9. The first kappa shape index (κ1) is 17.2. The normalized spacial score (nSPS) is 10.8. The van der Waals surface area contributed by atoms with Crippen molar-refractivity contribution in [2.24, 2.45) is 0 Å². The highest BCUT2D eigenvalue weighted by Crippen LogP contribution is 2.40. The fraction of sp³-hybridized carbons (Fsp3) is 0.261. The summed E-state index contributed by atoms with van der Waals surface area (Å²) in [5.41, 5.74) is 4.22. The Morgan fingerprint density at radius 3 is 2.00 bits per heavy atom. The van der Waals surface area contributed by atoms with E-state index in [1.807, 2.05) is 55.5 Å². The van der Waals surface area contributed by atoms with Gasteiger partial charge in [0.05, 0.1) is 0 Å². The van der Waals surface area contributed by atoms with Crippen molar-refractivity contribution < 1.29 is 9.21 Å². The molecular formula is C23H24O2. The molecule has 1 aromatic heterocycles. The molecule has 0 saturated carbocycles. The molecule has 0 saturated heterocycles. The smallest absolute Gasteiger partial charge is 0.198 e. The molecule has 3 rings (SSSR count). The second-order valence-corrected chi connectivity index (χ2v) is 6.27. The van der Waals surface area contributed by atoms with Crippen LogP contribution in [-0.2, 0) is 6.42 Å². The Balaban J connectivity index is 2.26. The summed E-state index contributed by atoms with van der Waals surface area (Å²) in [7, 11) is 0. The number of furan rings is 1. The summed E-state index contributed by atoms with van der Waals surface area (Å²) >= 11 is 0. The highest BCUT2D eigenvalue weighted by atomic mass is 16.3. The molecule has 0 aliphatic carbocycles. The van der Waals surface area contributed by atoms with E-state index in [9.17, 15) is 4.79 Å². The Morgan fingerprint density at radius 1 is 0.840 bits per heavy atom. The first-order valence-electron chi connectivity index (χ1n) is 9.06. The van der Waals surface area contributed by atoms with E-state index in [0.29, 0.717) is 12.2 Å². The first-order chi connectivity index (χ1) is 12.3. The largest absolute Gasteiger partial charge is 0.452 e. The number of carbonyl (C=O) groups is 1. The predicted molar refractivity (Wildman–Crippen MR) is 103 cm³/mol. The fourth-order valence-corrected chi connectivity index (χ4v) is 3.22. The monoisotopic (exact) mass is 332 g/mol. The van der Waals surface area contributed by atoms with Crippen LogP contribution >= 0.6 is 0 Å². The molecule has 2 heteroatoms. The van der Waals surface area contributed by atoms with E-state index < -0.39 is 0 Å². The summed E-state index contributed by atoms with van der Waals surface area (Å²) in [6.45, 7) is 4.16. The van der Waals surface area contributed by atoms with Crippen molar-refractivity contribution in [2.75, 3.05) is 0 Å². The van der Waals surface area contributed by atoms with Crippen LogP contribution in [0.3, 0.4) is 0 Å². The van der Waals surface area contributed by atoms with Gasteiger partial charge < -0.3 is 4.42 Å². The SMILES string of the molecule is CCCC(=O)c1oc(-c2ccccc2)c(-c2ccccc2)c1CCC. The molecule has 2 nitrogen and oxygen atoms in total. The van der Waals surface area contributed by atoms with Crippen LogP contribution in [0.15, 0.2) is 65.1 Å². The number of rotatable bonds is 7. The standard InChI is InChI=1S/C23H24O2/c1-3-11-19-21(17-13-7-5-8-14-17)22(18-15-9-6-10-16-18)25-23(19)20(24)12-4-2/h5-10,13-16H,3-4,11-12H2,1-2H3. The van der Waals surface area contributed by atoms with Crippen molar-refractivity contribution in [3.8, 4) is 22.5 Å². The lowest BCUT2D eigenvalue weighted by Gasteiger charge is -2.06. The van der Waals surface area contributed by atoms with Gasteiger partial charge in [0.25, 0.3) is 0 Å². The molecule has 0 amide bonds. The third-order valence-electron chi connectivity index (χ3n) is 4.34. The van der Waals surface area contributed by atoms with Gasteiger partial charge in [0, 0.05) is 23.1 Å². The lowest BCUT2D eigenvalue weighted by molar-refractivity contribution is 0.0954. The van der Waals surface area contributed by atoms with Crippen molar-refractivity contribution in [1.82, 2.24) is 0 Å². The van der Waals surface area contributed by atoms with Gasteiger partial charge in [0.1, 0.15) is 5.76 Å². The number of carbonyl (C=O) groups excluding carboxylic acids is 1. The minimum absolute atomic E-state index is 0.102. The Labute approximate surface area is 149 Å². The summed E-state index contributed by atoms with van der Waals surface area (Å²) < 4.78 is 6.20. The molecule has 25 heavy (non-hydrogen) atoms. The molecule has 128 valence electrons. The maximum atomic E-state index is 12.7. The summed E-state index contributed by atoms with van der Waals surface area (Å²) in [6, 6.07) is 20.3. The predicted octanol–water partition coefficient (Wildman–Crippen LogP) is 6.55. The van der Waals surface area contributed by atoms with E-state index in [1.54, 1.807) is 0 Å². The first-order valence-corrected chi connectivity index (χ1v) is 9.06. The Hall–Kier alpha value is -2.61. The van der Waals surface area contributed by atoms with E-state index in [4.69, 9.17) is 4.42 Å². The molecule has 0 atom stereocenters. The second kappa shape index (κ2) is 7.98. The Bertz CT molecular complexity index is 829. The average Bonchev–Trinajstić information content (AvgIpc) is 3.03. The maximum Gasteiger partial charge on any atom is 0.198 e. The van der Waals surface area contributed by atoms with E-state index in [2.05, 4.69) is 19.1 Å². The molecule has 2 aromatic carbocycles. The van der Waals surface area contributed by atoms with Crippen LogP contribution in [0.2, 0.25) is 0 Å². The molecule has 3 aromatic rings. The second-order valence-electron chi connectivity index (χ2n) is 6.27. The van der Waals surface area contributed by atoms with Crippen molar-refractivity contribution in [3.63, 3.8) is 0 Å². The molecule has 0 spiro atoms. The summed E-state index contributed by atoms with van der Waals surface area (Å²) in [6.07, 6.45) is 3.16. The van der Waals surface area contributed by atoms with Crippen LogP contribution in [0.1, 0.15) is 49.2 Å². The highest BCUT2D eigenvalue weighted by molar-refractivity contribution is 5.99. The minimum Gasteiger partial charge on any atom is -0.452 e. The van der Waals surface area contributed by atoms with Gasteiger partial charge in [-0.15, -0.1) is 0 Å². The molecular weight excluding hydrogens is 308 g/mol. The molecule has 0 bridgehead atoms. The van der Waals surface area contributed by atoms with Gasteiger partial charge in [0.15, 0.2) is 11.5 Å². The van der Waals surface area contributed by atoms with E-state index >= 15 is 0 Å². The molecule has 0 N–H and O–H groups in total. The third-order valence-corrected chi connectivity index (χ3v) is 4.34. The molecule has 1 heterocycles. The molecule has 0 aliphatic rings. The number of ketones is 1. The molecule has 0 radical (unpaired) electrons. The van der Waals surface area contributed by atoms with Gasteiger partial charge in [-0.1, -0.05) is 80.9 Å². The van der Waals surface area contributed by atoms with Crippen molar-refractivity contribution in [1.29, 1.82) is 0 Å². The van der Waals surface area contributed by atoms with Crippen LogP contribution in [0.4, 0.5) is 0 Å². The van der Waals surface area contributed by atoms with Gasteiger partial charge in [-0.25, -0.2) is 0 Å². The van der Waals surface area contributed by atoms with E-state index in [1.165, 1.54) is 0 Å². The van der Waals surface area contributed by atoms with Crippen LogP contribution in [0.25, 0.3) is 22.5 Å². The number of benzene rings is 2. The third kappa shape index (κ3) is 3.58. The van der Waals surface area contributed by atoms with Crippen molar-refractivity contribution >= 4 is 5.78 Å². The molecule has 0 fully saturated rings. The fourth-order valence-electron chi connectivity index (χ4n) is 3.22. The maximum absolute atomic E-state index is 12.7. The highest BCUT2D eigenvalue weighted by Gasteiger charge is 2.25. The lowest BCUT2D eigenvalue weighted by atomic mass is 9.93. The summed E-state index contributed by atoms with van der Waals surface area (Å²) in [5, 5.41) is 0. The lowest BCUT2D eigenvalue weighted by Crippen LogP contribution is -2.01. The van der Waals surface area contributed by atoms with Crippen LogP contribution in [0.5, 0.6) is 0 Å². The number of hydrogen-bond acceptors (Lipinski definition) is 2. The zero-order valence-electron chi connectivity index (χ0n) is 14.9.